The van der Waals surface area contributed by atoms with Gasteiger partial charge in [0.1, 0.15) is 0 Å². The van der Waals surface area contributed by atoms with Crippen molar-refractivity contribution in [1.29, 1.82) is 0 Å². The predicted molar refractivity (Wildman–Crippen MR) is 178 cm³/mol. The summed E-state index contributed by atoms with van der Waals surface area (Å²) in [4.78, 5) is -0.870. The molecule has 0 spiro atoms. The maximum absolute atomic E-state index is 15.3. The number of rotatable bonds is 9. The lowest BCUT2D eigenvalue weighted by molar-refractivity contribution is -0.211. The van der Waals surface area contributed by atoms with E-state index in [9.17, 15) is 39.2 Å². The zero-order valence-corrected chi connectivity index (χ0v) is 31.3. The smallest absolute Gasteiger partial charge is 0.282 e. The summed E-state index contributed by atoms with van der Waals surface area (Å²) in [5.74, 6) is -12.3. The van der Waals surface area contributed by atoms with Gasteiger partial charge in [0.25, 0.3) is 27.9 Å². The molecular weight excluding hydrogens is 833 g/mol. The summed E-state index contributed by atoms with van der Waals surface area (Å²) in [5, 5.41) is 0. The van der Waals surface area contributed by atoms with E-state index in [2.05, 4.69) is 10.7 Å². The molecule has 0 saturated carbocycles. The van der Waals surface area contributed by atoms with Crippen LogP contribution in [-0.2, 0) is 36.5 Å². The van der Waals surface area contributed by atoms with Gasteiger partial charge in [-0.15, -0.1) is 0 Å². The molecule has 0 saturated heterocycles. The second-order valence-corrected chi connectivity index (χ2v) is 16.3. The molecule has 0 aliphatic heterocycles. The average molecular weight is 865 g/mol. The third-order valence-corrected chi connectivity index (χ3v) is 7.74. The standard InChI is InChI=1S/C19H18F6O3S.C10H11F3.CHCl3.ClHO3S/c1-16(20,14-9-6-10-15(11-14)29(26,27)28)19(24,25)12-18(23,17(2,21)22)13-7-4-3-5-8-13;1-9(11,10(2,12)13)8-6-4-3-5-7-8;2-1(3)4;1-5(2,3)4/h3-11H,12H2,1-2H3,(H,26,27,28);3-7H,1-2H3;1H;(H,2,3,4). The van der Waals surface area contributed by atoms with E-state index in [1.165, 1.54) is 30.3 Å². The van der Waals surface area contributed by atoms with Gasteiger partial charge in [-0.1, -0.05) is 108 Å². The molecular formula is C30H31Cl4F9O6S2. The van der Waals surface area contributed by atoms with Crippen LogP contribution in [0.25, 0.3) is 0 Å². The number of alkyl halides is 12. The largest absolute Gasteiger partial charge is 0.353 e. The molecule has 0 aliphatic rings. The molecule has 0 bridgehead atoms. The number of halogens is 13. The van der Waals surface area contributed by atoms with E-state index in [1.807, 2.05) is 0 Å². The Bertz CT molecular complexity index is 1730. The van der Waals surface area contributed by atoms with Crippen LogP contribution in [0.15, 0.2) is 89.8 Å². The quantitative estimate of drug-likeness (QED) is 0.0960. The molecule has 0 aromatic heterocycles. The van der Waals surface area contributed by atoms with Gasteiger partial charge in [-0.3, -0.25) is 9.11 Å². The fourth-order valence-electron chi connectivity index (χ4n) is 3.85. The summed E-state index contributed by atoms with van der Waals surface area (Å²) < 4.78 is 183. The van der Waals surface area contributed by atoms with Crippen LogP contribution < -0.4 is 0 Å². The summed E-state index contributed by atoms with van der Waals surface area (Å²) in [5.41, 5.74) is -11.9. The molecule has 3 unspecified atom stereocenters. The highest BCUT2D eigenvalue weighted by Crippen LogP contribution is 2.53. The fourth-order valence-corrected chi connectivity index (χ4v) is 4.38. The van der Waals surface area contributed by atoms with Gasteiger partial charge in [0.05, 0.1) is 11.3 Å². The third-order valence-electron chi connectivity index (χ3n) is 6.89. The summed E-state index contributed by atoms with van der Waals surface area (Å²) in [6.45, 7) is 1.92. The van der Waals surface area contributed by atoms with Gasteiger partial charge >= 0.3 is 9.33 Å². The molecule has 6 nitrogen and oxygen atoms in total. The van der Waals surface area contributed by atoms with Crippen LogP contribution >= 0.6 is 45.5 Å². The van der Waals surface area contributed by atoms with Crippen LogP contribution in [-0.4, -0.2) is 48.0 Å². The van der Waals surface area contributed by atoms with Crippen molar-refractivity contribution in [3.05, 3.63) is 102 Å². The predicted octanol–water partition coefficient (Wildman–Crippen LogP) is 11.2. The van der Waals surface area contributed by atoms with Crippen LogP contribution in [0.5, 0.6) is 0 Å². The SMILES string of the molecule is CC(F)(F)C(C)(F)c1ccccc1.CC(F)(F)C(F)(CC(F)(F)C(C)(F)c1cccc(S(=O)(=O)O)c1)c1ccccc1.ClC(Cl)Cl.O=S(=O)(O)Cl. The number of hydrogen-bond acceptors (Lipinski definition) is 4. The van der Waals surface area contributed by atoms with E-state index in [0.29, 0.717) is 19.9 Å². The Morgan fingerprint density at radius 2 is 0.941 bits per heavy atom. The Morgan fingerprint density at radius 3 is 1.27 bits per heavy atom. The molecule has 0 amide bonds. The Hall–Kier alpha value is -1.99. The van der Waals surface area contributed by atoms with E-state index in [4.69, 9.17) is 52.3 Å². The summed E-state index contributed by atoms with van der Waals surface area (Å²) >= 11 is 14.4. The first-order chi connectivity index (χ1) is 22.6. The van der Waals surface area contributed by atoms with Crippen molar-refractivity contribution in [2.45, 2.75) is 78.1 Å². The molecule has 21 heteroatoms. The van der Waals surface area contributed by atoms with Gasteiger partial charge in [0.2, 0.25) is 5.67 Å². The Labute approximate surface area is 308 Å². The molecule has 0 fully saturated rings. The van der Waals surface area contributed by atoms with Crippen LogP contribution in [0.3, 0.4) is 0 Å². The topological polar surface area (TPSA) is 109 Å². The molecule has 2 N–H and O–H groups in total. The van der Waals surface area contributed by atoms with Gasteiger partial charge in [0.15, 0.2) is 15.6 Å². The maximum Gasteiger partial charge on any atom is 0.353 e. The Balaban J connectivity index is 0.000000928. The molecule has 0 aliphatic carbocycles. The Morgan fingerprint density at radius 1 is 0.588 bits per heavy atom. The normalized spacial score (nSPS) is 16.0. The first-order valence-electron chi connectivity index (χ1n) is 13.6. The minimum Gasteiger partial charge on any atom is -0.282 e. The van der Waals surface area contributed by atoms with Crippen molar-refractivity contribution in [2.24, 2.45) is 0 Å². The van der Waals surface area contributed by atoms with Crippen LogP contribution in [0.2, 0.25) is 0 Å². The highest BCUT2D eigenvalue weighted by Gasteiger charge is 2.63. The van der Waals surface area contributed by atoms with E-state index < -0.39 is 81.0 Å². The molecule has 290 valence electrons. The summed E-state index contributed by atoms with van der Waals surface area (Å²) in [6.07, 6.45) is -2.21. The number of hydrogen-bond donors (Lipinski definition) is 2. The van der Waals surface area contributed by atoms with Crippen molar-refractivity contribution in [1.82, 2.24) is 0 Å². The molecule has 3 aromatic carbocycles. The van der Waals surface area contributed by atoms with Crippen molar-refractivity contribution in [2.75, 3.05) is 0 Å². The second kappa shape index (κ2) is 18.4. The van der Waals surface area contributed by atoms with E-state index in [1.54, 1.807) is 18.2 Å². The van der Waals surface area contributed by atoms with E-state index >= 15 is 8.78 Å². The monoisotopic (exact) mass is 862 g/mol. The first kappa shape index (κ1) is 49.0. The van der Waals surface area contributed by atoms with Crippen LogP contribution in [0, 0.1) is 0 Å². The maximum atomic E-state index is 15.3. The van der Waals surface area contributed by atoms with Crippen molar-refractivity contribution < 1.29 is 65.5 Å². The zero-order chi connectivity index (χ0) is 40.5. The minimum absolute atomic E-state index is 0.00231. The zero-order valence-electron chi connectivity index (χ0n) is 26.6. The molecule has 0 radical (unpaired) electrons. The average Bonchev–Trinajstić information content (AvgIpc) is 2.95. The van der Waals surface area contributed by atoms with Gasteiger partial charge in [-0.25, -0.2) is 39.5 Å². The minimum atomic E-state index is -4.84. The summed E-state index contributed by atoms with van der Waals surface area (Å²) in [7, 11) is -4.97. The lowest BCUT2D eigenvalue weighted by Crippen LogP contribution is -2.49. The molecule has 51 heavy (non-hydrogen) atoms. The molecule has 3 rings (SSSR count). The molecule has 3 atom stereocenters. The highest BCUT2D eigenvalue weighted by molar-refractivity contribution is 8.09. The molecule has 0 heterocycles. The first-order valence-corrected chi connectivity index (χ1v) is 18.6. The fraction of sp³-hybridized carbons (Fsp3) is 0.400. The van der Waals surface area contributed by atoms with Gasteiger partial charge < -0.3 is 0 Å². The third kappa shape index (κ3) is 15.5. The lowest BCUT2D eigenvalue weighted by atomic mass is 9.79. The van der Waals surface area contributed by atoms with Crippen molar-refractivity contribution in [3.63, 3.8) is 0 Å². The molecule has 3 aromatic rings. The summed E-state index contributed by atoms with van der Waals surface area (Å²) in [6, 6.07) is 15.9. The number of benzene rings is 3. The van der Waals surface area contributed by atoms with Crippen molar-refractivity contribution >= 4 is 64.9 Å². The van der Waals surface area contributed by atoms with E-state index in [-0.39, 0.29) is 12.5 Å². The second-order valence-electron chi connectivity index (χ2n) is 10.9. The lowest BCUT2D eigenvalue weighted by Gasteiger charge is -2.38. The highest BCUT2D eigenvalue weighted by atomic mass is 35.7. The van der Waals surface area contributed by atoms with Gasteiger partial charge in [-0.2, -0.15) is 16.8 Å². The van der Waals surface area contributed by atoms with Gasteiger partial charge in [-0.05, 0) is 42.7 Å². The Kier molecular flexibility index (Phi) is 17.6. The van der Waals surface area contributed by atoms with Crippen LogP contribution in [0.4, 0.5) is 39.5 Å². The van der Waals surface area contributed by atoms with E-state index in [0.717, 1.165) is 37.3 Å². The van der Waals surface area contributed by atoms with Crippen molar-refractivity contribution in [3.8, 4) is 0 Å². The van der Waals surface area contributed by atoms with Gasteiger partial charge in [0, 0.05) is 24.5 Å². The van der Waals surface area contributed by atoms with Crippen LogP contribution in [0.1, 0.15) is 50.8 Å².